The van der Waals surface area contributed by atoms with Gasteiger partial charge in [-0.1, -0.05) is 43.2 Å². The van der Waals surface area contributed by atoms with Crippen molar-refractivity contribution in [3.63, 3.8) is 0 Å². The van der Waals surface area contributed by atoms with Crippen LogP contribution in [0.3, 0.4) is 0 Å². The Hall–Kier alpha value is -1.59. The SMILES string of the molecule is CC(C)N(CCO)C1CCCCC1NC(=O)OCc1ccccc1. The van der Waals surface area contributed by atoms with Crippen LogP contribution in [-0.2, 0) is 11.3 Å². The van der Waals surface area contributed by atoms with Gasteiger partial charge in [0.25, 0.3) is 0 Å². The van der Waals surface area contributed by atoms with E-state index in [1.807, 2.05) is 30.3 Å². The third kappa shape index (κ3) is 5.49. The van der Waals surface area contributed by atoms with Gasteiger partial charge in [0.1, 0.15) is 6.61 Å². The van der Waals surface area contributed by atoms with Crippen LogP contribution < -0.4 is 5.32 Å². The highest BCUT2D eigenvalue weighted by Gasteiger charge is 2.32. The Morgan fingerprint density at radius 2 is 2.00 bits per heavy atom. The second kappa shape index (κ2) is 9.64. The lowest BCUT2D eigenvalue weighted by Crippen LogP contribution is -2.55. The summed E-state index contributed by atoms with van der Waals surface area (Å²) in [5.74, 6) is 0. The summed E-state index contributed by atoms with van der Waals surface area (Å²) in [5, 5.41) is 12.4. The number of aliphatic hydroxyl groups is 1. The zero-order chi connectivity index (χ0) is 17.4. The van der Waals surface area contributed by atoms with Gasteiger partial charge in [-0.05, 0) is 32.3 Å². The van der Waals surface area contributed by atoms with Gasteiger partial charge in [0.05, 0.1) is 6.61 Å². The summed E-state index contributed by atoms with van der Waals surface area (Å²) in [4.78, 5) is 14.5. The Kier molecular flexibility index (Phi) is 7.53. The van der Waals surface area contributed by atoms with Crippen molar-refractivity contribution < 1.29 is 14.6 Å². The molecule has 0 radical (unpaired) electrons. The molecule has 134 valence electrons. The third-order valence-electron chi connectivity index (χ3n) is 4.69. The van der Waals surface area contributed by atoms with E-state index in [0.29, 0.717) is 12.6 Å². The monoisotopic (exact) mass is 334 g/mol. The van der Waals surface area contributed by atoms with E-state index in [9.17, 15) is 9.90 Å². The van der Waals surface area contributed by atoms with Crippen LogP contribution in [0.15, 0.2) is 30.3 Å². The first-order valence-electron chi connectivity index (χ1n) is 8.95. The van der Waals surface area contributed by atoms with E-state index < -0.39 is 0 Å². The van der Waals surface area contributed by atoms with Gasteiger partial charge < -0.3 is 15.2 Å². The highest BCUT2D eigenvalue weighted by Crippen LogP contribution is 2.25. The number of carbonyl (C=O) groups is 1. The van der Waals surface area contributed by atoms with Crippen LogP contribution in [-0.4, -0.2) is 47.4 Å². The van der Waals surface area contributed by atoms with E-state index in [-0.39, 0.29) is 31.4 Å². The molecule has 1 aromatic rings. The van der Waals surface area contributed by atoms with Crippen molar-refractivity contribution >= 4 is 6.09 Å². The quantitative estimate of drug-likeness (QED) is 0.805. The molecule has 0 heterocycles. The lowest BCUT2D eigenvalue weighted by atomic mass is 9.88. The Balaban J connectivity index is 1.90. The van der Waals surface area contributed by atoms with Gasteiger partial charge in [-0.25, -0.2) is 4.79 Å². The van der Waals surface area contributed by atoms with Crippen molar-refractivity contribution in [3.05, 3.63) is 35.9 Å². The van der Waals surface area contributed by atoms with E-state index >= 15 is 0 Å². The number of carbonyl (C=O) groups excluding carboxylic acids is 1. The molecule has 5 heteroatoms. The number of benzene rings is 1. The Labute approximate surface area is 145 Å². The number of alkyl carbamates (subject to hydrolysis) is 1. The molecule has 0 aromatic heterocycles. The smallest absolute Gasteiger partial charge is 0.407 e. The molecule has 2 atom stereocenters. The molecule has 0 spiro atoms. The van der Waals surface area contributed by atoms with E-state index in [1.165, 1.54) is 0 Å². The molecule has 1 saturated carbocycles. The van der Waals surface area contributed by atoms with Crippen LogP contribution >= 0.6 is 0 Å². The van der Waals surface area contributed by atoms with Gasteiger partial charge in [-0.3, -0.25) is 4.90 Å². The van der Waals surface area contributed by atoms with Crippen LogP contribution in [0.4, 0.5) is 4.79 Å². The molecule has 5 nitrogen and oxygen atoms in total. The van der Waals surface area contributed by atoms with Crippen LogP contribution in [0, 0.1) is 0 Å². The van der Waals surface area contributed by atoms with Crippen molar-refractivity contribution in [2.75, 3.05) is 13.2 Å². The molecule has 1 aromatic carbocycles. The zero-order valence-electron chi connectivity index (χ0n) is 14.8. The standard InChI is InChI=1S/C19H30N2O3/c1-15(2)21(12-13-22)18-11-7-6-10-17(18)20-19(23)24-14-16-8-4-3-5-9-16/h3-5,8-9,15,17-18,22H,6-7,10-14H2,1-2H3,(H,20,23). The molecule has 2 rings (SSSR count). The van der Waals surface area contributed by atoms with Crippen LogP contribution in [0.25, 0.3) is 0 Å². The molecule has 2 unspecified atom stereocenters. The largest absolute Gasteiger partial charge is 0.445 e. The summed E-state index contributed by atoms with van der Waals surface area (Å²) < 4.78 is 5.36. The van der Waals surface area contributed by atoms with Crippen molar-refractivity contribution in [1.29, 1.82) is 0 Å². The van der Waals surface area contributed by atoms with Gasteiger partial charge in [-0.15, -0.1) is 0 Å². The minimum absolute atomic E-state index is 0.0796. The maximum absolute atomic E-state index is 12.2. The van der Waals surface area contributed by atoms with Gasteiger partial charge in [0.15, 0.2) is 0 Å². The highest BCUT2D eigenvalue weighted by atomic mass is 16.5. The van der Waals surface area contributed by atoms with Gasteiger partial charge >= 0.3 is 6.09 Å². The summed E-state index contributed by atoms with van der Waals surface area (Å²) in [6.07, 6.45) is 3.92. The number of ether oxygens (including phenoxy) is 1. The predicted octanol–water partition coefficient (Wildman–Crippen LogP) is 2.93. The van der Waals surface area contributed by atoms with Gasteiger partial charge in [-0.2, -0.15) is 0 Å². The third-order valence-corrected chi connectivity index (χ3v) is 4.69. The maximum Gasteiger partial charge on any atom is 0.407 e. The fourth-order valence-corrected chi connectivity index (χ4v) is 3.52. The molecular weight excluding hydrogens is 304 g/mol. The number of hydrogen-bond donors (Lipinski definition) is 2. The Morgan fingerprint density at radius 3 is 2.67 bits per heavy atom. The van der Waals surface area contributed by atoms with Crippen molar-refractivity contribution in [3.8, 4) is 0 Å². The van der Waals surface area contributed by atoms with E-state index in [0.717, 1.165) is 31.2 Å². The normalized spacial score (nSPS) is 21.0. The molecule has 0 bridgehead atoms. The molecule has 0 saturated heterocycles. The summed E-state index contributed by atoms with van der Waals surface area (Å²) in [7, 11) is 0. The average molecular weight is 334 g/mol. The number of nitrogens with zero attached hydrogens (tertiary/aromatic N) is 1. The lowest BCUT2D eigenvalue weighted by molar-refractivity contribution is 0.0663. The Morgan fingerprint density at radius 1 is 1.29 bits per heavy atom. The molecular formula is C19H30N2O3. The minimum Gasteiger partial charge on any atom is -0.445 e. The highest BCUT2D eigenvalue weighted by molar-refractivity contribution is 5.67. The van der Waals surface area contributed by atoms with E-state index in [2.05, 4.69) is 24.1 Å². The van der Waals surface area contributed by atoms with Gasteiger partial charge in [0.2, 0.25) is 0 Å². The number of rotatable bonds is 7. The fourth-order valence-electron chi connectivity index (χ4n) is 3.52. The van der Waals surface area contributed by atoms with E-state index in [1.54, 1.807) is 0 Å². The number of aliphatic hydroxyl groups excluding tert-OH is 1. The molecule has 1 aliphatic rings. The summed E-state index contributed by atoms with van der Waals surface area (Å²) in [5.41, 5.74) is 0.983. The van der Waals surface area contributed by atoms with Crippen LogP contribution in [0.1, 0.15) is 45.1 Å². The second-order valence-electron chi connectivity index (χ2n) is 6.72. The van der Waals surface area contributed by atoms with Crippen molar-refractivity contribution in [2.24, 2.45) is 0 Å². The van der Waals surface area contributed by atoms with Crippen molar-refractivity contribution in [2.45, 2.75) is 64.3 Å². The molecule has 2 N–H and O–H groups in total. The molecule has 1 aliphatic carbocycles. The summed E-state index contributed by atoms with van der Waals surface area (Å²) in [6.45, 7) is 5.33. The van der Waals surface area contributed by atoms with Crippen molar-refractivity contribution in [1.82, 2.24) is 10.2 Å². The number of nitrogens with one attached hydrogen (secondary N) is 1. The maximum atomic E-state index is 12.2. The first-order valence-corrected chi connectivity index (χ1v) is 8.95. The van der Waals surface area contributed by atoms with Crippen LogP contribution in [0.5, 0.6) is 0 Å². The average Bonchev–Trinajstić information content (AvgIpc) is 2.59. The fraction of sp³-hybridized carbons (Fsp3) is 0.632. The second-order valence-corrected chi connectivity index (χ2v) is 6.72. The molecule has 0 aliphatic heterocycles. The lowest BCUT2D eigenvalue weighted by Gasteiger charge is -2.42. The topological polar surface area (TPSA) is 61.8 Å². The molecule has 1 fully saturated rings. The zero-order valence-corrected chi connectivity index (χ0v) is 14.8. The van der Waals surface area contributed by atoms with E-state index in [4.69, 9.17) is 4.74 Å². The first-order chi connectivity index (χ1) is 11.6. The summed E-state index contributed by atoms with van der Waals surface area (Å²) >= 11 is 0. The number of hydrogen-bond acceptors (Lipinski definition) is 4. The minimum atomic E-state index is -0.358. The predicted molar refractivity (Wildman–Crippen MR) is 94.7 cm³/mol. The van der Waals surface area contributed by atoms with Gasteiger partial charge in [0, 0.05) is 24.7 Å². The number of amides is 1. The van der Waals surface area contributed by atoms with Crippen LogP contribution in [0.2, 0.25) is 0 Å². The summed E-state index contributed by atoms with van der Waals surface area (Å²) in [6, 6.07) is 10.4. The first kappa shape index (κ1) is 18.7. The molecule has 24 heavy (non-hydrogen) atoms. The Bertz CT molecular complexity index is 493. The molecule has 1 amide bonds.